The minimum Gasteiger partial charge on any atom is -0.478 e. The SMILES string of the molecule is C/C=C/C(=O)O.O=C1C=CCCCC1. The molecule has 0 radical (unpaired) electrons. The Kier molecular flexibility index (Phi) is 7.42. The molecule has 0 heterocycles. The largest absolute Gasteiger partial charge is 0.478 e. The summed E-state index contributed by atoms with van der Waals surface area (Å²) in [7, 11) is 0. The van der Waals surface area contributed by atoms with Gasteiger partial charge in [0.25, 0.3) is 0 Å². The smallest absolute Gasteiger partial charge is 0.327 e. The molecule has 0 fully saturated rings. The Morgan fingerprint density at radius 3 is 2.71 bits per heavy atom. The van der Waals surface area contributed by atoms with E-state index in [-0.39, 0.29) is 0 Å². The number of allylic oxidation sites excluding steroid dienone is 3. The Bertz CT molecular complexity index is 239. The molecule has 3 nitrogen and oxygen atoms in total. The van der Waals surface area contributed by atoms with Crippen molar-refractivity contribution in [2.24, 2.45) is 0 Å². The van der Waals surface area contributed by atoms with Crippen molar-refractivity contribution in [2.75, 3.05) is 0 Å². The Labute approximate surface area is 84.1 Å². The van der Waals surface area contributed by atoms with Crippen LogP contribution in [0.1, 0.15) is 32.6 Å². The lowest BCUT2D eigenvalue weighted by molar-refractivity contribution is -0.131. The number of hydrogen-bond donors (Lipinski definition) is 1. The number of aliphatic carboxylic acids is 1. The predicted molar refractivity (Wildman–Crippen MR) is 55.1 cm³/mol. The average molecular weight is 196 g/mol. The van der Waals surface area contributed by atoms with Gasteiger partial charge in [-0.3, -0.25) is 4.79 Å². The fraction of sp³-hybridized carbons (Fsp3) is 0.455. The average Bonchev–Trinajstić information content (AvgIpc) is 2.33. The molecule has 0 aliphatic heterocycles. The Balaban J connectivity index is 0.000000255. The molecule has 0 amide bonds. The lowest BCUT2D eigenvalue weighted by atomic mass is 10.2. The molecule has 0 unspecified atom stereocenters. The second kappa shape index (κ2) is 8.23. The number of carboxylic acids is 1. The summed E-state index contributed by atoms with van der Waals surface area (Å²) in [5.41, 5.74) is 0. The molecule has 0 saturated heterocycles. The normalized spacial score (nSPS) is 15.9. The van der Waals surface area contributed by atoms with E-state index in [2.05, 4.69) is 0 Å². The van der Waals surface area contributed by atoms with Crippen molar-refractivity contribution < 1.29 is 14.7 Å². The van der Waals surface area contributed by atoms with E-state index in [1.807, 2.05) is 6.08 Å². The van der Waals surface area contributed by atoms with Crippen molar-refractivity contribution in [3.8, 4) is 0 Å². The number of hydrogen-bond acceptors (Lipinski definition) is 2. The van der Waals surface area contributed by atoms with Gasteiger partial charge < -0.3 is 5.11 Å². The second-order valence-corrected chi connectivity index (χ2v) is 2.95. The standard InChI is InChI=1S/C7H10O.C4H6O2/c8-7-5-3-1-2-4-6-7;1-2-3-4(5)6/h3,5H,1-2,4,6H2;2-3H,1H3,(H,5,6)/b;3-2+. The molecule has 14 heavy (non-hydrogen) atoms. The van der Waals surface area contributed by atoms with E-state index < -0.39 is 5.97 Å². The van der Waals surface area contributed by atoms with Crippen LogP contribution in [0, 0.1) is 0 Å². The van der Waals surface area contributed by atoms with Gasteiger partial charge in [0.05, 0.1) is 0 Å². The number of carbonyl (C=O) groups is 2. The monoisotopic (exact) mass is 196 g/mol. The van der Waals surface area contributed by atoms with Gasteiger partial charge in [0.2, 0.25) is 0 Å². The number of ketones is 1. The highest BCUT2D eigenvalue weighted by atomic mass is 16.4. The summed E-state index contributed by atoms with van der Waals surface area (Å²) in [6.45, 7) is 1.66. The van der Waals surface area contributed by atoms with Crippen LogP contribution in [0.2, 0.25) is 0 Å². The lowest BCUT2D eigenvalue weighted by Gasteiger charge is -1.86. The Morgan fingerprint density at radius 1 is 1.50 bits per heavy atom. The second-order valence-electron chi connectivity index (χ2n) is 2.95. The van der Waals surface area contributed by atoms with Crippen molar-refractivity contribution in [3.05, 3.63) is 24.3 Å². The molecule has 0 aromatic rings. The van der Waals surface area contributed by atoms with Crippen molar-refractivity contribution in [1.29, 1.82) is 0 Å². The van der Waals surface area contributed by atoms with Crippen LogP contribution in [0.25, 0.3) is 0 Å². The molecule has 1 aliphatic carbocycles. The molecule has 1 N–H and O–H groups in total. The molecule has 0 aromatic heterocycles. The Hall–Kier alpha value is -1.38. The summed E-state index contributed by atoms with van der Waals surface area (Å²) in [4.78, 5) is 20.1. The molecule has 0 saturated carbocycles. The van der Waals surface area contributed by atoms with Crippen LogP contribution in [0.15, 0.2) is 24.3 Å². The van der Waals surface area contributed by atoms with Gasteiger partial charge in [0.1, 0.15) is 0 Å². The summed E-state index contributed by atoms with van der Waals surface area (Å²) >= 11 is 0. The highest BCUT2D eigenvalue weighted by molar-refractivity contribution is 5.89. The fourth-order valence-electron chi connectivity index (χ4n) is 1.00. The molecule has 3 heteroatoms. The maximum absolute atomic E-state index is 10.6. The first-order valence-corrected chi connectivity index (χ1v) is 4.72. The van der Waals surface area contributed by atoms with Crippen LogP contribution in [-0.2, 0) is 9.59 Å². The first kappa shape index (κ1) is 12.6. The molecule has 0 aromatic carbocycles. The molecule has 0 bridgehead atoms. The van der Waals surface area contributed by atoms with E-state index in [0.29, 0.717) is 5.78 Å². The number of carboxylic acid groups (broad SMARTS) is 1. The maximum atomic E-state index is 10.6. The van der Waals surface area contributed by atoms with Gasteiger partial charge in [-0.1, -0.05) is 12.2 Å². The summed E-state index contributed by atoms with van der Waals surface area (Å²) < 4.78 is 0. The minimum absolute atomic E-state index is 0.294. The van der Waals surface area contributed by atoms with Crippen molar-refractivity contribution in [3.63, 3.8) is 0 Å². The van der Waals surface area contributed by atoms with Gasteiger partial charge in [0.15, 0.2) is 5.78 Å². The van der Waals surface area contributed by atoms with E-state index >= 15 is 0 Å². The third kappa shape index (κ3) is 8.71. The quantitative estimate of drug-likeness (QED) is 0.655. The van der Waals surface area contributed by atoms with Crippen LogP contribution in [0.5, 0.6) is 0 Å². The molecule has 1 rings (SSSR count). The molecule has 1 aliphatic rings. The fourth-order valence-corrected chi connectivity index (χ4v) is 1.00. The van der Waals surface area contributed by atoms with Crippen molar-refractivity contribution >= 4 is 11.8 Å². The molecular weight excluding hydrogens is 180 g/mol. The molecule has 78 valence electrons. The summed E-state index contributed by atoms with van der Waals surface area (Å²) in [6, 6.07) is 0. The van der Waals surface area contributed by atoms with Crippen molar-refractivity contribution in [1.82, 2.24) is 0 Å². The van der Waals surface area contributed by atoms with Crippen molar-refractivity contribution in [2.45, 2.75) is 32.6 Å². The molecule has 0 spiro atoms. The summed E-state index contributed by atoms with van der Waals surface area (Å²) in [6.07, 6.45) is 10.3. The highest BCUT2D eigenvalue weighted by Gasteiger charge is 1.98. The van der Waals surface area contributed by atoms with E-state index in [4.69, 9.17) is 5.11 Å². The zero-order chi connectivity index (χ0) is 10.8. The van der Waals surface area contributed by atoms with Gasteiger partial charge in [-0.25, -0.2) is 4.79 Å². The van der Waals surface area contributed by atoms with Crippen LogP contribution in [0.3, 0.4) is 0 Å². The summed E-state index contributed by atoms with van der Waals surface area (Å²) in [5.74, 6) is -0.597. The van der Waals surface area contributed by atoms with Crippen LogP contribution < -0.4 is 0 Å². The molecule has 0 atom stereocenters. The number of carbonyl (C=O) groups excluding carboxylic acids is 1. The van der Waals surface area contributed by atoms with Gasteiger partial charge in [-0.05, 0) is 32.3 Å². The first-order chi connectivity index (χ1) is 6.66. The van der Waals surface area contributed by atoms with E-state index in [1.165, 1.54) is 12.5 Å². The topological polar surface area (TPSA) is 54.4 Å². The Morgan fingerprint density at radius 2 is 2.21 bits per heavy atom. The maximum Gasteiger partial charge on any atom is 0.327 e. The van der Waals surface area contributed by atoms with E-state index in [9.17, 15) is 9.59 Å². The zero-order valence-corrected chi connectivity index (χ0v) is 8.40. The van der Waals surface area contributed by atoms with E-state index in [1.54, 1.807) is 13.0 Å². The minimum atomic E-state index is -0.891. The van der Waals surface area contributed by atoms with Gasteiger partial charge in [-0.2, -0.15) is 0 Å². The summed E-state index contributed by atoms with van der Waals surface area (Å²) in [5, 5.41) is 7.83. The third-order valence-corrected chi connectivity index (χ3v) is 1.66. The van der Waals surface area contributed by atoms with Gasteiger partial charge in [-0.15, -0.1) is 0 Å². The lowest BCUT2D eigenvalue weighted by Crippen LogP contribution is -1.87. The van der Waals surface area contributed by atoms with Crippen LogP contribution in [-0.4, -0.2) is 16.9 Å². The molecular formula is C11H16O3. The first-order valence-electron chi connectivity index (χ1n) is 4.72. The van der Waals surface area contributed by atoms with Gasteiger partial charge >= 0.3 is 5.97 Å². The van der Waals surface area contributed by atoms with Crippen LogP contribution >= 0.6 is 0 Å². The third-order valence-electron chi connectivity index (χ3n) is 1.66. The zero-order valence-electron chi connectivity index (χ0n) is 8.40. The van der Waals surface area contributed by atoms with Crippen LogP contribution in [0.4, 0.5) is 0 Å². The highest BCUT2D eigenvalue weighted by Crippen LogP contribution is 2.06. The number of rotatable bonds is 1. The predicted octanol–water partition coefficient (Wildman–Crippen LogP) is 2.33. The van der Waals surface area contributed by atoms with E-state index in [0.717, 1.165) is 25.3 Å². The van der Waals surface area contributed by atoms with Gasteiger partial charge in [0, 0.05) is 12.5 Å².